The van der Waals surface area contributed by atoms with Crippen molar-refractivity contribution in [2.24, 2.45) is 11.8 Å². The molecule has 0 saturated heterocycles. The van der Waals surface area contributed by atoms with E-state index in [4.69, 9.17) is 16.3 Å². The molecule has 0 unspecified atom stereocenters. The lowest BCUT2D eigenvalue weighted by atomic mass is 9.92. The molecule has 3 nitrogen and oxygen atoms in total. The van der Waals surface area contributed by atoms with E-state index in [1.807, 2.05) is 6.08 Å². The highest BCUT2D eigenvalue weighted by Gasteiger charge is 2.41. The van der Waals surface area contributed by atoms with Gasteiger partial charge >= 0.3 is 0 Å². The van der Waals surface area contributed by atoms with Gasteiger partial charge in [-0.05, 0) is 30.9 Å². The van der Waals surface area contributed by atoms with Crippen molar-refractivity contribution in [1.29, 1.82) is 0 Å². The van der Waals surface area contributed by atoms with Crippen molar-refractivity contribution in [3.63, 3.8) is 0 Å². The third-order valence-electron chi connectivity index (χ3n) is 3.67. The molecular formula is C15H19ClO3. The first kappa shape index (κ1) is 14.2. The normalized spacial score (nSPS) is 30.2. The van der Waals surface area contributed by atoms with Gasteiger partial charge in [-0.15, -0.1) is 18.2 Å². The number of phenolic OH excluding ortho intramolecular Hbond substituents is 1. The second kappa shape index (κ2) is 6.31. The molecule has 1 aliphatic rings. The Balaban J connectivity index is 1.98. The molecule has 1 saturated carbocycles. The Morgan fingerprint density at radius 1 is 1.42 bits per heavy atom. The highest BCUT2D eigenvalue weighted by molar-refractivity contribution is 6.21. The zero-order chi connectivity index (χ0) is 13.8. The molecule has 0 radical (unpaired) electrons. The van der Waals surface area contributed by atoms with Crippen molar-refractivity contribution in [1.82, 2.24) is 0 Å². The molecule has 0 bridgehead atoms. The van der Waals surface area contributed by atoms with E-state index < -0.39 is 6.10 Å². The van der Waals surface area contributed by atoms with Crippen molar-refractivity contribution >= 4 is 11.6 Å². The Labute approximate surface area is 118 Å². The molecule has 0 spiro atoms. The Hall–Kier alpha value is -1.19. The fourth-order valence-corrected chi connectivity index (χ4v) is 3.12. The Bertz CT molecular complexity index is 435. The zero-order valence-corrected chi connectivity index (χ0v) is 11.5. The molecule has 0 amide bonds. The topological polar surface area (TPSA) is 49.7 Å². The standard InChI is InChI=1S/C15H19ClO3/c1-2-4-12-13(15(18)8-14(12)16)9-19-11-6-3-5-10(17)7-11/h2-3,5-7,12-15,17-18H,1,4,8-9H2/t12-,13-,14-,15-/m1/s1. The lowest BCUT2D eigenvalue weighted by Crippen LogP contribution is -2.26. The molecule has 19 heavy (non-hydrogen) atoms. The van der Waals surface area contributed by atoms with Crippen LogP contribution in [0, 0.1) is 11.8 Å². The number of aromatic hydroxyl groups is 1. The number of allylic oxidation sites excluding steroid dienone is 1. The van der Waals surface area contributed by atoms with Crippen molar-refractivity contribution in [3.8, 4) is 11.5 Å². The van der Waals surface area contributed by atoms with E-state index in [1.54, 1.807) is 24.3 Å². The van der Waals surface area contributed by atoms with E-state index in [1.165, 1.54) is 0 Å². The number of ether oxygens (including phenoxy) is 1. The molecule has 4 heteroatoms. The van der Waals surface area contributed by atoms with Crippen molar-refractivity contribution < 1.29 is 14.9 Å². The smallest absolute Gasteiger partial charge is 0.122 e. The number of halogens is 1. The summed E-state index contributed by atoms with van der Waals surface area (Å²) >= 11 is 6.25. The summed E-state index contributed by atoms with van der Waals surface area (Å²) in [4.78, 5) is 0. The maximum atomic E-state index is 10.0. The van der Waals surface area contributed by atoms with Gasteiger partial charge in [0.1, 0.15) is 11.5 Å². The number of aliphatic hydroxyl groups is 1. The third-order valence-corrected chi connectivity index (χ3v) is 4.18. The molecule has 0 aliphatic heterocycles. The highest BCUT2D eigenvalue weighted by atomic mass is 35.5. The van der Waals surface area contributed by atoms with Crippen LogP contribution in [0.15, 0.2) is 36.9 Å². The van der Waals surface area contributed by atoms with Crippen LogP contribution >= 0.6 is 11.6 Å². The summed E-state index contributed by atoms with van der Waals surface area (Å²) in [6, 6.07) is 6.65. The molecule has 2 rings (SSSR count). The summed E-state index contributed by atoms with van der Waals surface area (Å²) in [6.45, 7) is 4.13. The minimum Gasteiger partial charge on any atom is -0.508 e. The molecule has 1 aromatic rings. The predicted molar refractivity (Wildman–Crippen MR) is 75.7 cm³/mol. The SMILES string of the molecule is C=CC[C@@H]1[C@@H](COc2cccc(O)c2)[C@H](O)C[C@H]1Cl. The molecule has 0 heterocycles. The van der Waals surface area contributed by atoms with Crippen LogP contribution in [0.2, 0.25) is 0 Å². The van der Waals surface area contributed by atoms with Gasteiger partial charge in [-0.1, -0.05) is 12.1 Å². The first-order valence-corrected chi connectivity index (χ1v) is 6.90. The molecule has 0 aromatic heterocycles. The molecule has 4 atom stereocenters. The molecule has 1 aliphatic carbocycles. The molecule has 2 N–H and O–H groups in total. The number of hydrogen-bond acceptors (Lipinski definition) is 3. The van der Waals surface area contributed by atoms with Crippen LogP contribution in [0.5, 0.6) is 11.5 Å². The van der Waals surface area contributed by atoms with Crippen LogP contribution < -0.4 is 4.74 Å². The zero-order valence-electron chi connectivity index (χ0n) is 10.7. The largest absolute Gasteiger partial charge is 0.508 e. The summed E-state index contributed by atoms with van der Waals surface area (Å²) in [5, 5.41) is 19.4. The van der Waals surface area contributed by atoms with Gasteiger partial charge in [-0.2, -0.15) is 0 Å². The number of phenols is 1. The van der Waals surface area contributed by atoms with Gasteiger partial charge in [0.05, 0.1) is 12.7 Å². The Morgan fingerprint density at radius 2 is 2.21 bits per heavy atom. The van der Waals surface area contributed by atoms with Crippen LogP contribution in [0.1, 0.15) is 12.8 Å². The summed E-state index contributed by atoms with van der Waals surface area (Å²) in [5.41, 5.74) is 0. The average molecular weight is 283 g/mol. The van der Waals surface area contributed by atoms with Crippen LogP contribution in [0.4, 0.5) is 0 Å². The van der Waals surface area contributed by atoms with Crippen LogP contribution in [-0.4, -0.2) is 28.3 Å². The molecule has 1 fully saturated rings. The second-order valence-corrected chi connectivity index (χ2v) is 5.54. The van der Waals surface area contributed by atoms with Crippen molar-refractivity contribution in [3.05, 3.63) is 36.9 Å². The maximum Gasteiger partial charge on any atom is 0.122 e. The van der Waals surface area contributed by atoms with E-state index >= 15 is 0 Å². The van der Waals surface area contributed by atoms with Crippen molar-refractivity contribution in [2.45, 2.75) is 24.3 Å². The first-order valence-electron chi connectivity index (χ1n) is 6.46. The molecule has 104 valence electrons. The van der Waals surface area contributed by atoms with Gasteiger partial charge in [0.2, 0.25) is 0 Å². The van der Waals surface area contributed by atoms with E-state index in [2.05, 4.69) is 6.58 Å². The number of rotatable bonds is 5. The van der Waals surface area contributed by atoms with Gasteiger partial charge < -0.3 is 14.9 Å². The minimum atomic E-state index is -0.440. The third kappa shape index (κ3) is 3.43. The van der Waals surface area contributed by atoms with Gasteiger partial charge in [-0.3, -0.25) is 0 Å². The Kier molecular flexibility index (Phi) is 4.72. The van der Waals surface area contributed by atoms with E-state index in [9.17, 15) is 10.2 Å². The lowest BCUT2D eigenvalue weighted by Gasteiger charge is -2.22. The first-order chi connectivity index (χ1) is 9.11. The number of hydrogen-bond donors (Lipinski definition) is 2. The lowest BCUT2D eigenvalue weighted by molar-refractivity contribution is 0.0807. The molecule has 1 aromatic carbocycles. The maximum absolute atomic E-state index is 10.0. The fourth-order valence-electron chi connectivity index (χ4n) is 2.65. The number of aliphatic hydroxyl groups excluding tert-OH is 1. The number of benzene rings is 1. The summed E-state index contributed by atoms with van der Waals surface area (Å²) in [6.07, 6.45) is 2.76. The quantitative estimate of drug-likeness (QED) is 0.645. The van der Waals surface area contributed by atoms with Gasteiger partial charge in [0.15, 0.2) is 0 Å². The second-order valence-electron chi connectivity index (χ2n) is 4.98. The van der Waals surface area contributed by atoms with Gasteiger partial charge in [0, 0.05) is 17.4 Å². The minimum absolute atomic E-state index is 0.00264. The van der Waals surface area contributed by atoms with Crippen molar-refractivity contribution in [2.75, 3.05) is 6.61 Å². The molecular weight excluding hydrogens is 264 g/mol. The number of alkyl halides is 1. The summed E-state index contributed by atoms with van der Waals surface area (Å²) < 4.78 is 5.65. The monoisotopic (exact) mass is 282 g/mol. The summed E-state index contributed by atoms with van der Waals surface area (Å²) in [5.74, 6) is 0.958. The van der Waals surface area contributed by atoms with Crippen LogP contribution in [0.25, 0.3) is 0 Å². The predicted octanol–water partition coefficient (Wildman–Crippen LogP) is 2.95. The van der Waals surface area contributed by atoms with E-state index in [-0.39, 0.29) is 23.0 Å². The van der Waals surface area contributed by atoms with E-state index in [0.717, 1.165) is 6.42 Å². The highest BCUT2D eigenvalue weighted by Crippen LogP contribution is 2.38. The average Bonchev–Trinajstić information content (AvgIpc) is 2.63. The van der Waals surface area contributed by atoms with Crippen LogP contribution in [-0.2, 0) is 0 Å². The Morgan fingerprint density at radius 3 is 2.89 bits per heavy atom. The fraction of sp³-hybridized carbons (Fsp3) is 0.467. The van der Waals surface area contributed by atoms with Gasteiger partial charge in [0.25, 0.3) is 0 Å². The summed E-state index contributed by atoms with van der Waals surface area (Å²) in [7, 11) is 0. The van der Waals surface area contributed by atoms with E-state index in [0.29, 0.717) is 18.8 Å². The van der Waals surface area contributed by atoms with Crippen LogP contribution in [0.3, 0.4) is 0 Å². The van der Waals surface area contributed by atoms with Gasteiger partial charge in [-0.25, -0.2) is 0 Å².